The van der Waals surface area contributed by atoms with Crippen molar-refractivity contribution >= 4 is 5.84 Å². The van der Waals surface area contributed by atoms with Gasteiger partial charge in [0.1, 0.15) is 11.5 Å². The molecule has 2 aliphatic heterocycles. The van der Waals surface area contributed by atoms with Crippen LogP contribution in [0.2, 0.25) is 0 Å². The molecular formula is C23H28N6O. The Kier molecular flexibility index (Phi) is 4.84. The number of nitrogens with two attached hydrogens (primary N) is 1. The zero-order chi connectivity index (χ0) is 20.6. The standard InChI is InChI=1S/C23H28N6O/c1-29-14-23(15-29)11-17(12-23)26-22-20(13-25-28-27-22)21(24)16-7-9-19(10-8-16)30-18-5-3-2-4-6-18/h2-10,13,17,21,25,28H,11-12,14-15,24H2,1H3,(H,26,27). The molecule has 2 aromatic rings. The van der Waals surface area contributed by atoms with Crippen LogP contribution in [0, 0.1) is 5.41 Å². The molecule has 0 aromatic heterocycles. The molecule has 1 aliphatic carbocycles. The zero-order valence-corrected chi connectivity index (χ0v) is 17.1. The second kappa shape index (κ2) is 7.66. The molecule has 30 heavy (non-hydrogen) atoms. The van der Waals surface area contributed by atoms with Gasteiger partial charge in [0.2, 0.25) is 0 Å². The molecule has 5 rings (SSSR count). The monoisotopic (exact) mass is 404 g/mol. The Morgan fingerprint density at radius 1 is 1.10 bits per heavy atom. The van der Waals surface area contributed by atoms with Gasteiger partial charge in [0, 0.05) is 30.9 Å². The largest absolute Gasteiger partial charge is 0.457 e. The van der Waals surface area contributed by atoms with Crippen LogP contribution in [0.4, 0.5) is 0 Å². The van der Waals surface area contributed by atoms with Crippen LogP contribution >= 0.6 is 0 Å². The van der Waals surface area contributed by atoms with Crippen molar-refractivity contribution in [1.82, 2.24) is 21.2 Å². The van der Waals surface area contributed by atoms with E-state index in [1.165, 1.54) is 25.9 Å². The maximum atomic E-state index is 6.60. The van der Waals surface area contributed by atoms with Crippen molar-refractivity contribution in [2.24, 2.45) is 16.3 Å². The van der Waals surface area contributed by atoms with E-state index in [0.29, 0.717) is 11.5 Å². The fourth-order valence-corrected chi connectivity index (χ4v) is 4.87. The third-order valence-corrected chi connectivity index (χ3v) is 6.20. The van der Waals surface area contributed by atoms with Crippen molar-refractivity contribution in [1.29, 1.82) is 0 Å². The third kappa shape index (κ3) is 3.74. The van der Waals surface area contributed by atoms with Crippen molar-refractivity contribution in [2.45, 2.75) is 24.9 Å². The highest BCUT2D eigenvalue weighted by Gasteiger charge is 2.51. The first-order chi connectivity index (χ1) is 14.6. The predicted octanol–water partition coefficient (Wildman–Crippen LogP) is 2.47. The number of hydrogen-bond acceptors (Lipinski definition) is 7. The van der Waals surface area contributed by atoms with Gasteiger partial charge in [0.05, 0.1) is 6.04 Å². The van der Waals surface area contributed by atoms with Crippen LogP contribution in [-0.2, 0) is 0 Å². The lowest BCUT2D eigenvalue weighted by atomic mass is 9.61. The quantitative estimate of drug-likeness (QED) is 0.613. The van der Waals surface area contributed by atoms with Crippen molar-refractivity contribution in [2.75, 3.05) is 20.1 Å². The van der Waals surface area contributed by atoms with Gasteiger partial charge in [0.25, 0.3) is 0 Å². The average molecular weight is 405 g/mol. The summed E-state index contributed by atoms with van der Waals surface area (Å²) in [6.45, 7) is 2.41. The Bertz CT molecular complexity index is 941. The van der Waals surface area contributed by atoms with Crippen LogP contribution in [0.15, 0.2) is 71.5 Å². The van der Waals surface area contributed by atoms with Crippen molar-refractivity contribution in [3.05, 3.63) is 71.9 Å². The summed E-state index contributed by atoms with van der Waals surface area (Å²) in [5, 5.41) is 8.01. The second-order valence-corrected chi connectivity index (χ2v) is 8.70. The number of rotatable bonds is 5. The number of nitrogens with one attached hydrogen (secondary N) is 3. The Morgan fingerprint density at radius 2 is 1.80 bits per heavy atom. The van der Waals surface area contributed by atoms with E-state index in [9.17, 15) is 0 Å². The van der Waals surface area contributed by atoms with E-state index in [1.54, 1.807) is 0 Å². The molecule has 3 aliphatic rings. The number of amidine groups is 1. The fraction of sp³-hybridized carbons (Fsp3) is 0.348. The van der Waals surface area contributed by atoms with Crippen LogP contribution in [0.1, 0.15) is 24.4 Å². The van der Waals surface area contributed by atoms with Gasteiger partial charge in [-0.25, -0.2) is 5.53 Å². The number of nitrogens with zero attached hydrogens (tertiary/aromatic N) is 2. The summed E-state index contributed by atoms with van der Waals surface area (Å²) in [6, 6.07) is 17.8. The highest BCUT2D eigenvalue weighted by molar-refractivity contribution is 6.00. The molecule has 0 amide bonds. The molecule has 7 heteroatoms. The van der Waals surface area contributed by atoms with Crippen molar-refractivity contribution in [3.8, 4) is 11.5 Å². The smallest absolute Gasteiger partial charge is 0.154 e. The normalized spacial score (nSPS) is 21.3. The van der Waals surface area contributed by atoms with Crippen LogP contribution < -0.4 is 26.7 Å². The number of ether oxygens (including phenoxy) is 1. The summed E-state index contributed by atoms with van der Waals surface area (Å²) in [5.41, 5.74) is 14.9. The summed E-state index contributed by atoms with van der Waals surface area (Å²) in [7, 11) is 2.18. The minimum Gasteiger partial charge on any atom is -0.457 e. The third-order valence-electron chi connectivity index (χ3n) is 6.20. The molecule has 1 saturated carbocycles. The molecule has 2 heterocycles. The van der Waals surface area contributed by atoms with Crippen molar-refractivity contribution < 1.29 is 4.74 Å². The molecule has 1 atom stereocenters. The number of benzene rings is 2. The van der Waals surface area contributed by atoms with E-state index in [4.69, 9.17) is 10.5 Å². The van der Waals surface area contributed by atoms with Crippen molar-refractivity contribution in [3.63, 3.8) is 0 Å². The minimum absolute atomic E-state index is 0.291. The first-order valence-corrected chi connectivity index (χ1v) is 10.4. The van der Waals surface area contributed by atoms with E-state index in [0.717, 1.165) is 28.5 Å². The van der Waals surface area contributed by atoms with E-state index in [-0.39, 0.29) is 6.04 Å². The molecule has 2 aromatic carbocycles. The van der Waals surface area contributed by atoms with Gasteiger partial charge < -0.3 is 20.7 Å². The first kappa shape index (κ1) is 19.0. The molecule has 0 radical (unpaired) electrons. The van der Waals surface area contributed by atoms with Crippen LogP contribution in [0.5, 0.6) is 11.5 Å². The fourth-order valence-electron chi connectivity index (χ4n) is 4.87. The SMILES string of the molecule is CN1CC2(CC(NC3=NNNC=C3C(N)c3ccc(Oc4ccccc4)cc3)C2)C1. The topological polar surface area (TPSA) is 86.9 Å². The second-order valence-electron chi connectivity index (χ2n) is 8.70. The first-order valence-electron chi connectivity index (χ1n) is 10.4. The van der Waals surface area contributed by atoms with Gasteiger partial charge in [-0.15, -0.1) is 5.10 Å². The molecule has 5 N–H and O–H groups in total. The van der Waals surface area contributed by atoms with Gasteiger partial charge in [0.15, 0.2) is 5.84 Å². The summed E-state index contributed by atoms with van der Waals surface area (Å²) < 4.78 is 5.88. The van der Waals surface area contributed by atoms with E-state index in [1.807, 2.05) is 60.8 Å². The lowest BCUT2D eigenvalue weighted by Crippen LogP contribution is -2.65. The lowest BCUT2D eigenvalue weighted by molar-refractivity contribution is -0.0606. The van der Waals surface area contributed by atoms with Crippen LogP contribution in [0.25, 0.3) is 0 Å². The molecule has 2 fully saturated rings. The van der Waals surface area contributed by atoms with Crippen LogP contribution in [-0.4, -0.2) is 36.9 Å². The van der Waals surface area contributed by atoms with Gasteiger partial charge in [-0.1, -0.05) is 30.3 Å². The predicted molar refractivity (Wildman–Crippen MR) is 118 cm³/mol. The summed E-state index contributed by atoms with van der Waals surface area (Å²) >= 11 is 0. The number of para-hydroxylation sites is 1. The Hall–Kier alpha value is -3.03. The summed E-state index contributed by atoms with van der Waals surface area (Å²) in [6.07, 6.45) is 4.27. The highest BCUT2D eigenvalue weighted by atomic mass is 16.5. The molecule has 1 unspecified atom stereocenters. The molecule has 1 spiro atoms. The van der Waals surface area contributed by atoms with Crippen LogP contribution in [0.3, 0.4) is 0 Å². The Morgan fingerprint density at radius 3 is 2.50 bits per heavy atom. The summed E-state index contributed by atoms with van der Waals surface area (Å²) in [5.74, 6) is 2.42. The number of hydrogen-bond donors (Lipinski definition) is 4. The number of hydrazone groups is 1. The molecule has 1 saturated heterocycles. The number of hydrazine groups is 1. The zero-order valence-electron chi connectivity index (χ0n) is 17.1. The molecular weight excluding hydrogens is 376 g/mol. The lowest BCUT2D eigenvalue weighted by Gasteiger charge is -2.58. The summed E-state index contributed by atoms with van der Waals surface area (Å²) in [4.78, 5) is 2.38. The van der Waals surface area contributed by atoms with Gasteiger partial charge in [-0.2, -0.15) is 0 Å². The average Bonchev–Trinajstić information content (AvgIpc) is 2.72. The number of likely N-dealkylation sites (tertiary alicyclic amines) is 1. The molecule has 156 valence electrons. The highest BCUT2D eigenvalue weighted by Crippen LogP contribution is 2.47. The van der Waals surface area contributed by atoms with E-state index in [2.05, 4.69) is 33.3 Å². The maximum absolute atomic E-state index is 6.60. The maximum Gasteiger partial charge on any atom is 0.154 e. The molecule has 7 nitrogen and oxygen atoms in total. The Labute approximate surface area is 176 Å². The Balaban J connectivity index is 1.22. The minimum atomic E-state index is -0.291. The molecule has 0 bridgehead atoms. The van der Waals surface area contributed by atoms with E-state index < -0.39 is 0 Å². The van der Waals surface area contributed by atoms with Gasteiger partial charge >= 0.3 is 0 Å². The van der Waals surface area contributed by atoms with Gasteiger partial charge in [-0.3, -0.25) is 5.43 Å². The van der Waals surface area contributed by atoms with E-state index >= 15 is 0 Å². The van der Waals surface area contributed by atoms with Gasteiger partial charge in [-0.05, 0) is 55.1 Å².